The zero-order valence-electron chi connectivity index (χ0n) is 12.2. The van der Waals surface area contributed by atoms with Crippen LogP contribution in [-0.4, -0.2) is 13.7 Å². The molecule has 0 spiro atoms. The Balaban J connectivity index is 1.90. The molecule has 0 fully saturated rings. The Hall–Kier alpha value is -1.39. The van der Waals surface area contributed by atoms with Crippen molar-refractivity contribution in [2.75, 3.05) is 13.7 Å². The highest BCUT2D eigenvalue weighted by atomic mass is 79.9. The number of halogens is 2. The molecule has 112 valence electrons. The van der Waals surface area contributed by atoms with Crippen LogP contribution < -0.4 is 10.1 Å². The van der Waals surface area contributed by atoms with Gasteiger partial charge in [-0.05, 0) is 49.7 Å². The van der Waals surface area contributed by atoms with Gasteiger partial charge in [0, 0.05) is 16.1 Å². The molecular formula is C17H19BrFNO. The van der Waals surface area contributed by atoms with E-state index in [0.29, 0.717) is 5.56 Å². The number of methoxy groups -OCH3 is 1. The van der Waals surface area contributed by atoms with E-state index in [9.17, 15) is 4.39 Å². The molecule has 4 heteroatoms. The summed E-state index contributed by atoms with van der Waals surface area (Å²) in [6, 6.07) is 13.1. The van der Waals surface area contributed by atoms with Crippen molar-refractivity contribution in [1.29, 1.82) is 0 Å². The third-order valence-corrected chi connectivity index (χ3v) is 3.92. The van der Waals surface area contributed by atoms with Crippen LogP contribution in [0.2, 0.25) is 0 Å². The summed E-state index contributed by atoms with van der Waals surface area (Å²) < 4.78 is 19.8. The summed E-state index contributed by atoms with van der Waals surface area (Å²) in [7, 11) is 1.66. The maximum absolute atomic E-state index is 13.9. The van der Waals surface area contributed by atoms with E-state index in [1.807, 2.05) is 37.3 Å². The molecule has 0 heterocycles. The predicted molar refractivity (Wildman–Crippen MR) is 87.2 cm³/mol. The molecule has 0 aromatic heterocycles. The molecule has 1 unspecified atom stereocenters. The van der Waals surface area contributed by atoms with Gasteiger partial charge >= 0.3 is 0 Å². The maximum Gasteiger partial charge on any atom is 0.129 e. The summed E-state index contributed by atoms with van der Waals surface area (Å²) in [5.74, 6) is 0.672. The van der Waals surface area contributed by atoms with E-state index in [4.69, 9.17) is 4.74 Å². The van der Waals surface area contributed by atoms with Crippen molar-refractivity contribution in [3.63, 3.8) is 0 Å². The van der Waals surface area contributed by atoms with Crippen LogP contribution in [0, 0.1) is 5.82 Å². The Kier molecular flexibility index (Phi) is 5.76. The van der Waals surface area contributed by atoms with Gasteiger partial charge in [-0.3, -0.25) is 0 Å². The molecule has 2 aromatic carbocycles. The van der Waals surface area contributed by atoms with Gasteiger partial charge in [0.2, 0.25) is 0 Å². The number of benzene rings is 2. The summed E-state index contributed by atoms with van der Waals surface area (Å²) >= 11 is 3.27. The maximum atomic E-state index is 13.9. The number of rotatable bonds is 6. The van der Waals surface area contributed by atoms with Gasteiger partial charge in [0.1, 0.15) is 11.6 Å². The minimum atomic E-state index is -0.189. The number of hydrogen-bond acceptors (Lipinski definition) is 2. The SMILES string of the molecule is COc1cccc(CCNC(C)c2ccc(Br)cc2F)c1. The van der Waals surface area contributed by atoms with Crippen LogP contribution in [0.3, 0.4) is 0 Å². The molecule has 1 atom stereocenters. The molecule has 0 aliphatic carbocycles. The molecule has 0 radical (unpaired) electrons. The Morgan fingerprint density at radius 1 is 1.24 bits per heavy atom. The standard InChI is InChI=1S/C17H19BrFNO/c1-12(16-7-6-14(18)11-17(16)19)20-9-8-13-4-3-5-15(10-13)21-2/h3-7,10-12,20H,8-9H2,1-2H3. The van der Waals surface area contributed by atoms with Crippen LogP contribution in [0.4, 0.5) is 4.39 Å². The lowest BCUT2D eigenvalue weighted by Crippen LogP contribution is -2.22. The Bertz CT molecular complexity index is 603. The zero-order valence-corrected chi connectivity index (χ0v) is 13.8. The van der Waals surface area contributed by atoms with Gasteiger partial charge < -0.3 is 10.1 Å². The number of ether oxygens (including phenoxy) is 1. The molecule has 2 rings (SSSR count). The topological polar surface area (TPSA) is 21.3 Å². The Morgan fingerprint density at radius 2 is 2.05 bits per heavy atom. The third-order valence-electron chi connectivity index (χ3n) is 3.43. The first-order chi connectivity index (χ1) is 10.1. The first-order valence-corrected chi connectivity index (χ1v) is 7.70. The highest BCUT2D eigenvalue weighted by Crippen LogP contribution is 2.21. The fraction of sp³-hybridized carbons (Fsp3) is 0.294. The van der Waals surface area contributed by atoms with Crippen LogP contribution in [0.1, 0.15) is 24.1 Å². The summed E-state index contributed by atoms with van der Waals surface area (Å²) in [5.41, 5.74) is 1.88. The molecule has 0 amide bonds. The van der Waals surface area contributed by atoms with Crippen molar-refractivity contribution < 1.29 is 9.13 Å². The summed E-state index contributed by atoms with van der Waals surface area (Å²) in [4.78, 5) is 0. The molecule has 0 aliphatic rings. The largest absolute Gasteiger partial charge is 0.497 e. The molecule has 21 heavy (non-hydrogen) atoms. The molecule has 1 N–H and O–H groups in total. The van der Waals surface area contributed by atoms with E-state index in [-0.39, 0.29) is 11.9 Å². The minimum Gasteiger partial charge on any atom is -0.497 e. The lowest BCUT2D eigenvalue weighted by molar-refractivity contribution is 0.414. The van der Waals surface area contributed by atoms with Crippen molar-refractivity contribution in [3.05, 3.63) is 63.9 Å². The normalized spacial score (nSPS) is 12.2. The van der Waals surface area contributed by atoms with Crippen LogP contribution in [0.5, 0.6) is 5.75 Å². The lowest BCUT2D eigenvalue weighted by Gasteiger charge is -2.15. The van der Waals surface area contributed by atoms with Crippen molar-refractivity contribution in [2.45, 2.75) is 19.4 Å². The second-order valence-electron chi connectivity index (χ2n) is 4.94. The van der Waals surface area contributed by atoms with Crippen LogP contribution in [0.25, 0.3) is 0 Å². The average molecular weight is 352 g/mol. The van der Waals surface area contributed by atoms with E-state index in [1.165, 1.54) is 11.6 Å². The Labute approximate surface area is 133 Å². The van der Waals surface area contributed by atoms with Crippen LogP contribution >= 0.6 is 15.9 Å². The number of hydrogen-bond donors (Lipinski definition) is 1. The lowest BCUT2D eigenvalue weighted by atomic mass is 10.1. The second-order valence-corrected chi connectivity index (χ2v) is 5.86. The first kappa shape index (κ1) is 16.0. The highest BCUT2D eigenvalue weighted by molar-refractivity contribution is 9.10. The number of nitrogens with one attached hydrogen (secondary N) is 1. The second kappa shape index (κ2) is 7.57. The third kappa shape index (κ3) is 4.55. The van der Waals surface area contributed by atoms with Gasteiger partial charge in [-0.15, -0.1) is 0 Å². The van der Waals surface area contributed by atoms with Gasteiger partial charge in [0.25, 0.3) is 0 Å². The minimum absolute atomic E-state index is 0.0243. The summed E-state index contributed by atoms with van der Waals surface area (Å²) in [6.45, 7) is 2.75. The summed E-state index contributed by atoms with van der Waals surface area (Å²) in [5, 5.41) is 3.35. The monoisotopic (exact) mass is 351 g/mol. The van der Waals surface area contributed by atoms with Crippen molar-refractivity contribution in [1.82, 2.24) is 5.32 Å². The molecule has 0 bridgehead atoms. The van der Waals surface area contributed by atoms with E-state index in [0.717, 1.165) is 23.2 Å². The molecule has 0 aliphatic heterocycles. The molecule has 2 aromatic rings. The molecule has 2 nitrogen and oxygen atoms in total. The molecule has 0 saturated heterocycles. The fourth-order valence-electron chi connectivity index (χ4n) is 2.22. The van der Waals surface area contributed by atoms with E-state index >= 15 is 0 Å². The van der Waals surface area contributed by atoms with E-state index < -0.39 is 0 Å². The van der Waals surface area contributed by atoms with E-state index in [2.05, 4.69) is 27.3 Å². The first-order valence-electron chi connectivity index (χ1n) is 6.91. The molecule has 0 saturated carbocycles. The van der Waals surface area contributed by atoms with Gasteiger partial charge in [0.15, 0.2) is 0 Å². The zero-order chi connectivity index (χ0) is 15.2. The van der Waals surface area contributed by atoms with Gasteiger partial charge in [-0.2, -0.15) is 0 Å². The smallest absolute Gasteiger partial charge is 0.129 e. The van der Waals surface area contributed by atoms with E-state index in [1.54, 1.807) is 7.11 Å². The van der Waals surface area contributed by atoms with Gasteiger partial charge in [-0.1, -0.05) is 34.1 Å². The highest BCUT2D eigenvalue weighted by Gasteiger charge is 2.10. The quantitative estimate of drug-likeness (QED) is 0.827. The Morgan fingerprint density at radius 3 is 2.76 bits per heavy atom. The van der Waals surface area contributed by atoms with Crippen LogP contribution in [-0.2, 0) is 6.42 Å². The average Bonchev–Trinajstić information content (AvgIpc) is 2.47. The van der Waals surface area contributed by atoms with Crippen molar-refractivity contribution >= 4 is 15.9 Å². The van der Waals surface area contributed by atoms with Gasteiger partial charge in [0.05, 0.1) is 7.11 Å². The van der Waals surface area contributed by atoms with Crippen LogP contribution in [0.15, 0.2) is 46.9 Å². The van der Waals surface area contributed by atoms with Crippen molar-refractivity contribution in [2.24, 2.45) is 0 Å². The van der Waals surface area contributed by atoms with Crippen molar-refractivity contribution in [3.8, 4) is 5.75 Å². The molecular weight excluding hydrogens is 333 g/mol. The fourth-order valence-corrected chi connectivity index (χ4v) is 2.56. The summed E-state index contributed by atoms with van der Waals surface area (Å²) in [6.07, 6.45) is 0.875. The predicted octanol–water partition coefficient (Wildman–Crippen LogP) is 4.49. The van der Waals surface area contributed by atoms with Gasteiger partial charge in [-0.25, -0.2) is 4.39 Å².